The van der Waals surface area contributed by atoms with Crippen LogP contribution in [-0.2, 0) is 0 Å². The summed E-state index contributed by atoms with van der Waals surface area (Å²) in [6.07, 6.45) is 0. The van der Waals surface area contributed by atoms with Gasteiger partial charge in [0.1, 0.15) is 22.1 Å². The Morgan fingerprint density at radius 3 is 0.673 bits per heavy atom. The number of nitrogens with zero attached hydrogens (tertiary/aromatic N) is 4. The molecule has 0 unspecified atom stereocenters. The second-order valence-electron chi connectivity index (χ2n) is 11.4. The lowest BCUT2D eigenvalue weighted by Crippen LogP contribution is -2.03. The Hall–Kier alpha value is -6.38. The van der Waals surface area contributed by atoms with Gasteiger partial charge in [0.05, 0.1) is 54.0 Å². The van der Waals surface area contributed by atoms with E-state index in [2.05, 4.69) is 31.9 Å². The largest absolute Gasteiger partial charge is 0.478 e. The van der Waals surface area contributed by atoms with Crippen molar-refractivity contribution in [3.05, 3.63) is 128 Å². The molecule has 0 fully saturated rings. The van der Waals surface area contributed by atoms with Crippen LogP contribution in [0.15, 0.2) is 106 Å². The predicted molar refractivity (Wildman–Crippen MR) is 198 cm³/mol. The summed E-state index contributed by atoms with van der Waals surface area (Å²) in [6.45, 7) is 0. The number of aromatic nitrogens is 4. The molecule has 14 heteroatoms. The number of benzene rings is 5. The van der Waals surface area contributed by atoms with Gasteiger partial charge >= 0.3 is 23.9 Å². The van der Waals surface area contributed by atoms with Gasteiger partial charge in [0, 0.05) is 22.3 Å². The second-order valence-corrected chi connectivity index (χ2v) is 13.0. The van der Waals surface area contributed by atoms with Gasteiger partial charge in [-0.15, -0.1) is 0 Å². The fourth-order valence-corrected chi connectivity index (χ4v) is 6.70. The van der Waals surface area contributed by atoms with Crippen LogP contribution in [0.3, 0.4) is 0 Å². The van der Waals surface area contributed by atoms with E-state index in [1.54, 1.807) is 48.5 Å². The molecule has 0 saturated heterocycles. The zero-order valence-electron chi connectivity index (χ0n) is 26.2. The molecule has 254 valence electrons. The smallest absolute Gasteiger partial charge is 0.335 e. The first kappa shape index (κ1) is 34.1. The normalized spacial score (nSPS) is 11.1. The van der Waals surface area contributed by atoms with Gasteiger partial charge in [0.15, 0.2) is 0 Å². The summed E-state index contributed by atoms with van der Waals surface area (Å²) in [5.74, 6) is -4.38. The molecular formula is C38H20Br2N4O8. The third-order valence-electron chi connectivity index (χ3n) is 8.24. The van der Waals surface area contributed by atoms with Gasteiger partial charge in [-0.3, -0.25) is 0 Å². The van der Waals surface area contributed by atoms with E-state index >= 15 is 0 Å². The molecular weight excluding hydrogens is 800 g/mol. The van der Waals surface area contributed by atoms with E-state index in [4.69, 9.17) is 19.9 Å². The maximum absolute atomic E-state index is 11.6. The van der Waals surface area contributed by atoms with E-state index in [0.29, 0.717) is 76.0 Å². The van der Waals surface area contributed by atoms with E-state index in [1.165, 1.54) is 48.5 Å². The molecule has 0 atom stereocenters. The summed E-state index contributed by atoms with van der Waals surface area (Å²) >= 11 is 7.38. The van der Waals surface area contributed by atoms with Gasteiger partial charge in [-0.2, -0.15) is 0 Å². The average molecular weight is 820 g/mol. The van der Waals surface area contributed by atoms with E-state index in [0.717, 1.165) is 0 Å². The van der Waals surface area contributed by atoms with Gasteiger partial charge in [-0.25, -0.2) is 39.1 Å². The summed E-state index contributed by atoms with van der Waals surface area (Å²) in [4.78, 5) is 66.4. The maximum Gasteiger partial charge on any atom is 0.335 e. The molecule has 5 aromatic carbocycles. The number of carbonyl (C=O) groups is 4. The molecule has 7 aromatic rings. The summed E-state index contributed by atoms with van der Waals surface area (Å²) in [7, 11) is 0. The van der Waals surface area contributed by atoms with E-state index in [-0.39, 0.29) is 22.3 Å². The van der Waals surface area contributed by atoms with E-state index < -0.39 is 23.9 Å². The molecule has 4 N–H and O–H groups in total. The topological polar surface area (TPSA) is 201 Å². The fourth-order valence-electron chi connectivity index (χ4n) is 5.60. The minimum atomic E-state index is -1.09. The molecule has 0 aliphatic carbocycles. The molecule has 0 spiro atoms. The van der Waals surface area contributed by atoms with Crippen molar-refractivity contribution in [3.63, 3.8) is 0 Å². The fraction of sp³-hybridized carbons (Fsp3) is 0. The molecule has 12 nitrogen and oxygen atoms in total. The van der Waals surface area contributed by atoms with Crippen LogP contribution in [0.25, 0.3) is 67.1 Å². The Morgan fingerprint density at radius 1 is 0.346 bits per heavy atom. The summed E-state index contributed by atoms with van der Waals surface area (Å²) < 4.78 is 0.848. The molecule has 0 radical (unpaired) electrons. The quantitative estimate of drug-likeness (QED) is 0.107. The van der Waals surface area contributed by atoms with Crippen molar-refractivity contribution in [3.8, 4) is 45.0 Å². The van der Waals surface area contributed by atoms with Gasteiger partial charge in [0.25, 0.3) is 0 Å². The second kappa shape index (κ2) is 13.4. The Bertz CT molecular complexity index is 2270. The molecule has 0 amide bonds. The highest BCUT2D eigenvalue weighted by molar-refractivity contribution is 9.11. The van der Waals surface area contributed by atoms with Crippen molar-refractivity contribution in [1.29, 1.82) is 0 Å². The SMILES string of the molecule is O=C(O)c1ccc(-c2nc3c(Br)c4nc(-c5ccc(C(=O)O)cc5)c(-c5ccc(C(=O)O)cc5)nc4c(Br)c3nc2-c2ccc(C(=O)O)cc2)cc1. The highest BCUT2D eigenvalue weighted by atomic mass is 79.9. The summed E-state index contributed by atoms with van der Waals surface area (Å²) in [6, 6.07) is 24.5. The average Bonchev–Trinajstić information content (AvgIpc) is 3.16. The van der Waals surface area contributed by atoms with Crippen molar-refractivity contribution >= 4 is 77.8 Å². The molecule has 7 rings (SSSR count). The lowest BCUT2D eigenvalue weighted by molar-refractivity contribution is 0.0686. The van der Waals surface area contributed by atoms with Gasteiger partial charge in [-0.1, -0.05) is 48.5 Å². The number of carboxylic acids is 4. The number of hydrogen-bond donors (Lipinski definition) is 4. The van der Waals surface area contributed by atoms with Crippen molar-refractivity contribution in [2.75, 3.05) is 0 Å². The van der Waals surface area contributed by atoms with Crippen LogP contribution in [-0.4, -0.2) is 64.2 Å². The van der Waals surface area contributed by atoms with Crippen LogP contribution in [0, 0.1) is 0 Å². The molecule has 0 saturated carbocycles. The maximum atomic E-state index is 11.6. The minimum absolute atomic E-state index is 0.0763. The molecule has 2 aromatic heterocycles. The van der Waals surface area contributed by atoms with E-state index in [1.807, 2.05) is 0 Å². The molecule has 52 heavy (non-hydrogen) atoms. The van der Waals surface area contributed by atoms with Crippen molar-refractivity contribution in [2.24, 2.45) is 0 Å². The standard InChI is InChI=1S/C38H20Br2N4O8/c39-25-31-32(42-28(18-3-11-22(12-4-18)36(47)48)27(41-31)17-1-9-21(10-2-17)35(45)46)26(40)34-33(25)43-29(19-5-13-23(14-6-19)37(49)50)30(44-34)20-7-15-24(16-8-20)38(51)52/h1-16H,(H,45,46)(H,47,48)(H,49,50)(H,51,52). The number of aromatic carboxylic acids is 4. The van der Waals surface area contributed by atoms with Crippen LogP contribution in [0.5, 0.6) is 0 Å². The first-order valence-corrected chi connectivity index (χ1v) is 16.7. The first-order valence-electron chi connectivity index (χ1n) is 15.2. The van der Waals surface area contributed by atoms with Crippen LogP contribution in [0.2, 0.25) is 0 Å². The number of hydrogen-bond acceptors (Lipinski definition) is 8. The number of fused-ring (bicyclic) bond motifs is 2. The lowest BCUT2D eigenvalue weighted by Gasteiger charge is -2.16. The summed E-state index contributed by atoms with van der Waals surface area (Å²) in [5.41, 5.74) is 5.53. The Morgan fingerprint density at radius 2 is 0.519 bits per heavy atom. The number of rotatable bonds is 8. The zero-order valence-corrected chi connectivity index (χ0v) is 29.4. The molecule has 0 aliphatic rings. The van der Waals surface area contributed by atoms with E-state index in [9.17, 15) is 39.6 Å². The highest BCUT2D eigenvalue weighted by Gasteiger charge is 2.24. The molecule has 0 bridgehead atoms. The Labute approximate surface area is 309 Å². The van der Waals surface area contributed by atoms with Crippen LogP contribution >= 0.6 is 31.9 Å². The summed E-state index contributed by atoms with van der Waals surface area (Å²) in [5, 5.41) is 37.9. The Balaban J connectivity index is 1.53. The monoisotopic (exact) mass is 818 g/mol. The molecule has 0 aliphatic heterocycles. The van der Waals surface area contributed by atoms with Crippen molar-refractivity contribution in [2.45, 2.75) is 0 Å². The predicted octanol–water partition coefficient (Wildman–Crippen LogP) is 8.56. The van der Waals surface area contributed by atoms with Crippen LogP contribution in [0.4, 0.5) is 0 Å². The first-order chi connectivity index (χ1) is 24.9. The minimum Gasteiger partial charge on any atom is -0.478 e. The third-order valence-corrected chi connectivity index (χ3v) is 9.75. The van der Waals surface area contributed by atoms with Gasteiger partial charge in [0.2, 0.25) is 0 Å². The zero-order chi connectivity index (χ0) is 36.8. The van der Waals surface area contributed by atoms with Gasteiger partial charge in [-0.05, 0) is 80.4 Å². The van der Waals surface area contributed by atoms with Crippen molar-refractivity contribution < 1.29 is 39.6 Å². The highest BCUT2D eigenvalue weighted by Crippen LogP contribution is 2.42. The number of halogens is 2. The van der Waals surface area contributed by atoms with Gasteiger partial charge < -0.3 is 20.4 Å². The Kier molecular flexibility index (Phi) is 8.78. The molecule has 2 heterocycles. The lowest BCUT2D eigenvalue weighted by atomic mass is 10.0. The number of carboxylic acid groups (broad SMARTS) is 4. The third kappa shape index (κ3) is 6.14. The van der Waals surface area contributed by atoms with Crippen LogP contribution in [0.1, 0.15) is 41.4 Å². The van der Waals surface area contributed by atoms with Crippen molar-refractivity contribution in [1.82, 2.24) is 19.9 Å². The van der Waals surface area contributed by atoms with Crippen LogP contribution < -0.4 is 0 Å².